The first-order valence-corrected chi connectivity index (χ1v) is 11.7. The molecule has 0 radical (unpaired) electrons. The minimum absolute atomic E-state index is 0.0507. The topological polar surface area (TPSA) is 79.3 Å². The van der Waals surface area contributed by atoms with E-state index in [1.54, 1.807) is 30.3 Å². The number of nitrogens with one attached hydrogen (secondary N) is 1. The van der Waals surface area contributed by atoms with Gasteiger partial charge in [0, 0.05) is 10.6 Å². The lowest BCUT2D eigenvalue weighted by Gasteiger charge is -2.36. The molecule has 31 heavy (non-hydrogen) atoms. The van der Waals surface area contributed by atoms with Crippen molar-refractivity contribution in [1.82, 2.24) is 4.98 Å². The summed E-state index contributed by atoms with van der Waals surface area (Å²) >= 11 is 4.05. The molecule has 0 saturated heterocycles. The van der Waals surface area contributed by atoms with Gasteiger partial charge in [-0.1, -0.05) is 61.2 Å². The lowest BCUT2D eigenvalue weighted by Crippen LogP contribution is -2.42. The molecule has 5 nitrogen and oxygen atoms in total. The molecule has 1 fully saturated rings. The maximum atomic E-state index is 13.5. The van der Waals surface area contributed by atoms with Crippen molar-refractivity contribution in [2.24, 2.45) is 0 Å². The molecule has 160 valence electrons. The number of benzene rings is 2. The molecule has 7 heteroatoms. The van der Waals surface area contributed by atoms with Crippen LogP contribution < -0.4 is 5.32 Å². The van der Waals surface area contributed by atoms with E-state index in [1.165, 1.54) is 0 Å². The second-order valence-electron chi connectivity index (χ2n) is 7.79. The smallest absolute Gasteiger partial charge is 0.236 e. The fourth-order valence-electron chi connectivity index (χ4n) is 4.21. The summed E-state index contributed by atoms with van der Waals surface area (Å²) in [6.45, 7) is 0. The van der Waals surface area contributed by atoms with Gasteiger partial charge in [0.15, 0.2) is 11.1 Å². The van der Waals surface area contributed by atoms with Gasteiger partial charge >= 0.3 is 0 Å². The first-order chi connectivity index (χ1) is 15.0. The zero-order valence-electron chi connectivity index (χ0n) is 16.9. The highest BCUT2D eigenvalue weighted by Gasteiger charge is 2.41. The van der Waals surface area contributed by atoms with E-state index in [2.05, 4.69) is 10.3 Å². The van der Waals surface area contributed by atoms with Crippen LogP contribution in [0.2, 0.25) is 5.02 Å². The maximum absolute atomic E-state index is 13.5. The summed E-state index contributed by atoms with van der Waals surface area (Å²) in [5.41, 5.74) is 1.87. The monoisotopic (exact) mass is 454 g/mol. The van der Waals surface area contributed by atoms with Gasteiger partial charge in [0.1, 0.15) is 5.82 Å². The van der Waals surface area contributed by atoms with Crippen molar-refractivity contribution in [3.8, 4) is 11.3 Å². The molecule has 1 heterocycles. The molecule has 3 aromatic rings. The Morgan fingerprint density at radius 3 is 2.29 bits per heavy atom. The third-order valence-corrected chi connectivity index (χ3v) is 6.81. The Labute approximate surface area is 189 Å². The third kappa shape index (κ3) is 4.71. The standard InChI is InChI=1S/C24H23ClN2O3S/c25-19-11-9-18(10-12-19)24(15-2-1-3-16-24)23(28)27-22-6-4-5-21(26-22)17-7-13-20(14-8-17)31(29)30/h4-14H,1-3,15-16H2,(H,29,30)(H,26,27,28). The minimum Gasteiger partial charge on any atom is -0.310 e. The Morgan fingerprint density at radius 1 is 0.968 bits per heavy atom. The summed E-state index contributed by atoms with van der Waals surface area (Å²) in [5.74, 6) is 0.432. The van der Waals surface area contributed by atoms with Gasteiger partial charge in [-0.3, -0.25) is 4.79 Å². The molecule has 1 unspecified atom stereocenters. The first-order valence-electron chi connectivity index (χ1n) is 10.2. The number of nitrogens with zero attached hydrogens (tertiary/aromatic N) is 1. The summed E-state index contributed by atoms with van der Waals surface area (Å²) in [6, 6.07) is 19.7. The lowest BCUT2D eigenvalue weighted by molar-refractivity contribution is -0.122. The average Bonchev–Trinajstić information content (AvgIpc) is 2.80. The normalized spacial score (nSPS) is 16.5. The molecule has 0 spiro atoms. The van der Waals surface area contributed by atoms with Gasteiger partial charge < -0.3 is 9.87 Å². The van der Waals surface area contributed by atoms with Crippen LogP contribution in [-0.4, -0.2) is 19.7 Å². The molecule has 1 atom stereocenters. The molecule has 0 bridgehead atoms. The van der Waals surface area contributed by atoms with Crippen LogP contribution in [0.3, 0.4) is 0 Å². The number of halogens is 1. The van der Waals surface area contributed by atoms with Crippen molar-refractivity contribution in [2.75, 3.05) is 5.32 Å². The number of amides is 1. The number of anilines is 1. The van der Waals surface area contributed by atoms with E-state index in [1.807, 2.05) is 36.4 Å². The average molecular weight is 455 g/mol. The Kier molecular flexibility index (Phi) is 6.51. The van der Waals surface area contributed by atoms with Gasteiger partial charge in [-0.25, -0.2) is 9.19 Å². The molecule has 0 aliphatic heterocycles. The van der Waals surface area contributed by atoms with Crippen molar-refractivity contribution in [1.29, 1.82) is 0 Å². The molecular weight excluding hydrogens is 432 g/mol. The molecule has 2 N–H and O–H groups in total. The molecule has 1 aliphatic carbocycles. The fraction of sp³-hybridized carbons (Fsp3) is 0.250. The second kappa shape index (κ2) is 9.30. The number of rotatable bonds is 5. The summed E-state index contributed by atoms with van der Waals surface area (Å²) < 4.78 is 20.4. The molecule has 1 aromatic heterocycles. The van der Waals surface area contributed by atoms with Gasteiger partial charge in [0.05, 0.1) is 16.0 Å². The predicted molar refractivity (Wildman–Crippen MR) is 124 cm³/mol. The van der Waals surface area contributed by atoms with E-state index in [4.69, 9.17) is 11.6 Å². The van der Waals surface area contributed by atoms with Crippen molar-refractivity contribution in [3.63, 3.8) is 0 Å². The summed E-state index contributed by atoms with van der Waals surface area (Å²) in [5, 5.41) is 3.69. The number of aromatic nitrogens is 1. The van der Waals surface area contributed by atoms with E-state index < -0.39 is 16.5 Å². The van der Waals surface area contributed by atoms with Crippen LogP contribution in [0.1, 0.15) is 37.7 Å². The predicted octanol–water partition coefficient (Wildman–Crippen LogP) is 5.82. The van der Waals surface area contributed by atoms with Crippen molar-refractivity contribution in [3.05, 3.63) is 77.3 Å². The lowest BCUT2D eigenvalue weighted by atomic mass is 9.68. The van der Waals surface area contributed by atoms with Gasteiger partial charge in [-0.2, -0.15) is 0 Å². The maximum Gasteiger partial charge on any atom is 0.236 e. The summed E-state index contributed by atoms with van der Waals surface area (Å²) in [6.07, 6.45) is 4.72. The van der Waals surface area contributed by atoms with Crippen LogP contribution in [0.25, 0.3) is 11.3 Å². The highest BCUT2D eigenvalue weighted by molar-refractivity contribution is 7.79. The number of carbonyl (C=O) groups excluding carboxylic acids is 1. The van der Waals surface area contributed by atoms with Crippen LogP contribution in [0.4, 0.5) is 5.82 Å². The number of carbonyl (C=O) groups is 1. The van der Waals surface area contributed by atoms with E-state index in [9.17, 15) is 13.6 Å². The van der Waals surface area contributed by atoms with Crippen LogP contribution in [0.5, 0.6) is 0 Å². The Bertz CT molecular complexity index is 1090. The van der Waals surface area contributed by atoms with Crippen molar-refractivity contribution >= 4 is 34.4 Å². The Hall–Kier alpha value is -2.54. The minimum atomic E-state index is -2.02. The zero-order valence-corrected chi connectivity index (χ0v) is 18.5. The third-order valence-electron chi connectivity index (χ3n) is 5.88. The van der Waals surface area contributed by atoms with Crippen LogP contribution in [0, 0.1) is 0 Å². The SMILES string of the molecule is O=C(Nc1cccc(-c2ccc(S(=O)O)cc2)n1)C1(c2ccc(Cl)cc2)CCCCC1. The fourth-order valence-corrected chi connectivity index (χ4v) is 4.71. The van der Waals surface area contributed by atoms with E-state index >= 15 is 0 Å². The van der Waals surface area contributed by atoms with Crippen LogP contribution in [-0.2, 0) is 21.3 Å². The molecular formula is C24H23ClN2O3S. The number of hydrogen-bond donors (Lipinski definition) is 2. The number of hydrogen-bond acceptors (Lipinski definition) is 3. The highest BCUT2D eigenvalue weighted by Crippen LogP contribution is 2.40. The quantitative estimate of drug-likeness (QED) is 0.476. The van der Waals surface area contributed by atoms with Crippen LogP contribution >= 0.6 is 11.6 Å². The highest BCUT2D eigenvalue weighted by atomic mass is 35.5. The van der Waals surface area contributed by atoms with Gasteiger partial charge in [0.25, 0.3) is 0 Å². The molecule has 4 rings (SSSR count). The van der Waals surface area contributed by atoms with Gasteiger partial charge in [0.2, 0.25) is 5.91 Å². The Balaban J connectivity index is 1.60. The first kappa shape index (κ1) is 21.7. The van der Waals surface area contributed by atoms with Gasteiger partial charge in [-0.05, 0) is 54.8 Å². The van der Waals surface area contributed by atoms with E-state index in [0.29, 0.717) is 21.4 Å². The van der Waals surface area contributed by atoms with Crippen molar-refractivity contribution < 1.29 is 13.6 Å². The van der Waals surface area contributed by atoms with E-state index in [-0.39, 0.29) is 5.91 Å². The second-order valence-corrected chi connectivity index (χ2v) is 9.19. The molecule has 1 saturated carbocycles. The largest absolute Gasteiger partial charge is 0.310 e. The van der Waals surface area contributed by atoms with Crippen molar-refractivity contribution in [2.45, 2.75) is 42.4 Å². The summed E-state index contributed by atoms with van der Waals surface area (Å²) in [7, 11) is 0. The Morgan fingerprint density at radius 2 is 1.65 bits per heavy atom. The van der Waals surface area contributed by atoms with E-state index in [0.717, 1.165) is 43.2 Å². The zero-order chi connectivity index (χ0) is 21.8. The van der Waals surface area contributed by atoms with Gasteiger partial charge in [-0.15, -0.1) is 0 Å². The molecule has 1 amide bonds. The number of pyridine rings is 1. The van der Waals surface area contributed by atoms with Crippen LogP contribution in [0.15, 0.2) is 71.6 Å². The molecule has 1 aliphatic rings. The molecule has 2 aromatic carbocycles. The summed E-state index contributed by atoms with van der Waals surface area (Å²) in [4.78, 5) is 18.4.